The first-order valence-corrected chi connectivity index (χ1v) is 5.60. The van der Waals surface area contributed by atoms with Crippen molar-refractivity contribution < 1.29 is 0 Å². The molecule has 0 aliphatic heterocycles. The topological polar surface area (TPSA) is 0 Å². The SMILES string of the molecule is B/C(C)=C(C)/C(C)=C(/C)C(=C)C(C)(C)C. The molecule has 0 heterocycles. The highest BCUT2D eigenvalue weighted by atomic mass is 14.2. The zero-order valence-electron chi connectivity index (χ0n) is 11.7. The fourth-order valence-electron chi connectivity index (χ4n) is 1.45. The highest BCUT2D eigenvalue weighted by Crippen LogP contribution is 2.32. The lowest BCUT2D eigenvalue weighted by Gasteiger charge is -2.24. The van der Waals surface area contributed by atoms with Gasteiger partial charge in [-0.2, -0.15) is 0 Å². The van der Waals surface area contributed by atoms with Gasteiger partial charge in [0.2, 0.25) is 0 Å². The first-order chi connectivity index (χ1) is 6.59. The van der Waals surface area contributed by atoms with Crippen LogP contribution >= 0.6 is 0 Å². The number of rotatable bonds is 2. The monoisotopic (exact) mass is 204 g/mol. The van der Waals surface area contributed by atoms with Crippen molar-refractivity contribution in [2.75, 3.05) is 0 Å². The molecule has 0 rings (SSSR count). The van der Waals surface area contributed by atoms with Crippen LogP contribution in [0.3, 0.4) is 0 Å². The number of hydrogen-bond acceptors (Lipinski definition) is 0. The van der Waals surface area contributed by atoms with Gasteiger partial charge in [0.25, 0.3) is 0 Å². The summed E-state index contributed by atoms with van der Waals surface area (Å²) in [6.45, 7) is 19.6. The summed E-state index contributed by atoms with van der Waals surface area (Å²) < 4.78 is 0. The molecule has 0 amide bonds. The largest absolute Gasteiger partial charge is 0.133 e. The molecule has 0 radical (unpaired) electrons. The Balaban J connectivity index is 5.32. The van der Waals surface area contributed by atoms with Crippen molar-refractivity contribution in [3.63, 3.8) is 0 Å². The molecular formula is C14H25B. The van der Waals surface area contributed by atoms with E-state index in [0.717, 1.165) is 0 Å². The van der Waals surface area contributed by atoms with Gasteiger partial charge in [0.15, 0.2) is 0 Å². The van der Waals surface area contributed by atoms with Crippen molar-refractivity contribution >= 4 is 7.85 Å². The van der Waals surface area contributed by atoms with E-state index >= 15 is 0 Å². The Morgan fingerprint density at radius 2 is 1.27 bits per heavy atom. The average Bonchev–Trinajstić information content (AvgIpc) is 2.11. The van der Waals surface area contributed by atoms with E-state index in [1.54, 1.807) is 0 Å². The molecule has 0 saturated carbocycles. The van der Waals surface area contributed by atoms with Gasteiger partial charge >= 0.3 is 0 Å². The van der Waals surface area contributed by atoms with Crippen molar-refractivity contribution in [1.82, 2.24) is 0 Å². The lowest BCUT2D eigenvalue weighted by atomic mass is 9.80. The summed E-state index contributed by atoms with van der Waals surface area (Å²) in [6.07, 6.45) is 0. The summed E-state index contributed by atoms with van der Waals surface area (Å²) >= 11 is 0. The van der Waals surface area contributed by atoms with Crippen molar-refractivity contribution in [3.05, 3.63) is 34.3 Å². The molecule has 0 N–H and O–H groups in total. The highest BCUT2D eigenvalue weighted by molar-refractivity contribution is 6.21. The van der Waals surface area contributed by atoms with Crippen molar-refractivity contribution in [3.8, 4) is 0 Å². The quantitative estimate of drug-likeness (QED) is 0.473. The molecule has 0 spiro atoms. The van der Waals surface area contributed by atoms with Crippen molar-refractivity contribution in [1.29, 1.82) is 0 Å². The summed E-state index contributed by atoms with van der Waals surface area (Å²) in [7, 11) is 2.16. The molecule has 0 aromatic rings. The first kappa shape index (κ1) is 14.3. The van der Waals surface area contributed by atoms with E-state index in [9.17, 15) is 0 Å². The van der Waals surface area contributed by atoms with Gasteiger partial charge in [-0.3, -0.25) is 0 Å². The third-order valence-corrected chi connectivity index (χ3v) is 3.23. The van der Waals surface area contributed by atoms with Crippen molar-refractivity contribution in [2.24, 2.45) is 5.41 Å². The minimum absolute atomic E-state index is 0.160. The fourth-order valence-corrected chi connectivity index (χ4v) is 1.45. The van der Waals surface area contributed by atoms with Gasteiger partial charge in [0, 0.05) is 0 Å². The van der Waals surface area contributed by atoms with Crippen LogP contribution in [0.1, 0.15) is 48.5 Å². The van der Waals surface area contributed by atoms with Gasteiger partial charge in [0.1, 0.15) is 7.85 Å². The molecular weight excluding hydrogens is 179 g/mol. The van der Waals surface area contributed by atoms with Gasteiger partial charge in [0.05, 0.1) is 0 Å². The zero-order chi connectivity index (χ0) is 12.4. The second kappa shape index (κ2) is 4.87. The van der Waals surface area contributed by atoms with Crippen LogP contribution in [0.2, 0.25) is 0 Å². The van der Waals surface area contributed by atoms with Crippen LogP contribution in [0.25, 0.3) is 0 Å². The minimum atomic E-state index is 0.160. The van der Waals surface area contributed by atoms with Crippen LogP contribution in [0, 0.1) is 5.41 Å². The highest BCUT2D eigenvalue weighted by Gasteiger charge is 2.17. The maximum atomic E-state index is 4.21. The molecule has 15 heavy (non-hydrogen) atoms. The van der Waals surface area contributed by atoms with Crippen LogP contribution in [0.5, 0.6) is 0 Å². The van der Waals surface area contributed by atoms with Crippen molar-refractivity contribution in [2.45, 2.75) is 48.5 Å². The summed E-state index contributed by atoms with van der Waals surface area (Å²) in [5, 5.41) is 0. The second-order valence-corrected chi connectivity index (χ2v) is 5.60. The molecule has 0 aliphatic carbocycles. The van der Waals surface area contributed by atoms with Gasteiger partial charge in [-0.05, 0) is 42.9 Å². The van der Waals surface area contributed by atoms with Gasteiger partial charge in [-0.25, -0.2) is 0 Å². The number of allylic oxidation sites excluding steroid dienone is 5. The third kappa shape index (κ3) is 3.73. The Kier molecular flexibility index (Phi) is 4.64. The zero-order valence-corrected chi connectivity index (χ0v) is 11.7. The molecule has 0 nitrogen and oxygen atoms in total. The van der Waals surface area contributed by atoms with E-state index < -0.39 is 0 Å². The van der Waals surface area contributed by atoms with E-state index in [0.29, 0.717) is 0 Å². The molecule has 1 heteroatoms. The van der Waals surface area contributed by atoms with Gasteiger partial charge < -0.3 is 0 Å². The smallest absolute Gasteiger partial charge is 0.110 e. The molecule has 0 bridgehead atoms. The summed E-state index contributed by atoms with van der Waals surface area (Å²) in [5.74, 6) is 0. The Morgan fingerprint density at radius 3 is 1.53 bits per heavy atom. The number of hydrogen-bond donors (Lipinski definition) is 0. The standard InChI is InChI=1S/C14H25B/c1-9(11(3)13(5)15)10(2)12(4)14(6,7)8/h4,15H2,1-3,5-8H3/b10-9-,13-11+. The van der Waals surface area contributed by atoms with Crippen LogP contribution in [-0.2, 0) is 0 Å². The Bertz CT molecular complexity index is 318. The summed E-state index contributed by atoms with van der Waals surface area (Å²) in [4.78, 5) is 0. The average molecular weight is 204 g/mol. The predicted octanol–water partition coefficient (Wildman–Crippen LogP) is 3.85. The molecule has 0 aromatic heterocycles. The maximum Gasteiger partial charge on any atom is 0.133 e. The minimum Gasteiger partial charge on any atom is -0.110 e. The maximum absolute atomic E-state index is 4.21. The lowest BCUT2D eigenvalue weighted by Crippen LogP contribution is -2.10. The van der Waals surface area contributed by atoms with E-state index in [-0.39, 0.29) is 5.41 Å². The Labute approximate surface area is 96.6 Å². The predicted molar refractivity (Wildman–Crippen MR) is 73.9 cm³/mol. The van der Waals surface area contributed by atoms with E-state index in [4.69, 9.17) is 0 Å². The molecule has 0 atom stereocenters. The first-order valence-electron chi connectivity index (χ1n) is 5.60. The van der Waals surface area contributed by atoms with Crippen LogP contribution in [-0.4, -0.2) is 7.85 Å². The van der Waals surface area contributed by atoms with E-state index in [1.165, 1.54) is 27.8 Å². The summed E-state index contributed by atoms with van der Waals surface area (Å²) in [6, 6.07) is 0. The fraction of sp³-hybridized carbons (Fsp3) is 0.571. The molecule has 0 saturated heterocycles. The Hall–Kier alpha value is -0.715. The van der Waals surface area contributed by atoms with Crippen LogP contribution in [0.15, 0.2) is 34.3 Å². The second-order valence-electron chi connectivity index (χ2n) is 5.60. The summed E-state index contributed by atoms with van der Waals surface area (Å²) in [5.41, 5.74) is 6.87. The Morgan fingerprint density at radius 1 is 0.867 bits per heavy atom. The molecule has 0 aromatic carbocycles. The van der Waals surface area contributed by atoms with Gasteiger partial charge in [-0.1, -0.05) is 39.8 Å². The van der Waals surface area contributed by atoms with Crippen LogP contribution < -0.4 is 0 Å². The van der Waals surface area contributed by atoms with Crippen LogP contribution in [0.4, 0.5) is 0 Å². The van der Waals surface area contributed by atoms with E-state index in [2.05, 4.69) is 62.9 Å². The van der Waals surface area contributed by atoms with E-state index in [1.807, 2.05) is 0 Å². The molecule has 0 fully saturated rings. The van der Waals surface area contributed by atoms with Gasteiger partial charge in [-0.15, -0.1) is 5.47 Å². The lowest BCUT2D eigenvalue weighted by molar-refractivity contribution is 0.511. The molecule has 0 unspecified atom stereocenters. The normalized spacial score (nSPS) is 15.7. The molecule has 0 aliphatic rings. The molecule has 84 valence electrons. The third-order valence-electron chi connectivity index (χ3n) is 3.23.